The monoisotopic (exact) mass is 390 g/mol. The van der Waals surface area contributed by atoms with Crippen LogP contribution >= 0.6 is 0 Å². The molecule has 158 valence electrons. The van der Waals surface area contributed by atoms with Crippen LogP contribution in [0.5, 0.6) is 11.5 Å². The van der Waals surface area contributed by atoms with Crippen LogP contribution in [0, 0.1) is 0 Å². The van der Waals surface area contributed by atoms with E-state index in [1.807, 2.05) is 0 Å². The highest BCUT2D eigenvalue weighted by Crippen LogP contribution is 2.28. The summed E-state index contributed by atoms with van der Waals surface area (Å²) >= 11 is 0. The number of aromatic hydroxyl groups is 2. The molecule has 0 atom stereocenters. The third kappa shape index (κ3) is 10.4. The SMILES string of the molecule is CCCCCCC=CCCCCCCCCCc1cc(O)cc(O)c1C(=O)O. The number of carboxylic acids is 1. The number of phenols is 2. The van der Waals surface area contributed by atoms with Crippen molar-refractivity contribution < 1.29 is 20.1 Å². The fourth-order valence-electron chi connectivity index (χ4n) is 3.50. The van der Waals surface area contributed by atoms with Gasteiger partial charge in [-0.1, -0.05) is 70.4 Å². The summed E-state index contributed by atoms with van der Waals surface area (Å²) in [6, 6.07) is 2.52. The summed E-state index contributed by atoms with van der Waals surface area (Å²) in [5, 5.41) is 28.5. The van der Waals surface area contributed by atoms with Gasteiger partial charge >= 0.3 is 5.97 Å². The maximum atomic E-state index is 11.3. The van der Waals surface area contributed by atoms with E-state index in [1.54, 1.807) is 0 Å². The Hall–Kier alpha value is -1.97. The molecule has 0 spiro atoms. The van der Waals surface area contributed by atoms with Crippen LogP contribution in [-0.4, -0.2) is 21.3 Å². The van der Waals surface area contributed by atoms with Gasteiger partial charge in [-0.2, -0.15) is 0 Å². The van der Waals surface area contributed by atoms with Crippen LogP contribution in [0.15, 0.2) is 24.3 Å². The maximum Gasteiger partial charge on any atom is 0.339 e. The van der Waals surface area contributed by atoms with Crippen molar-refractivity contribution in [3.8, 4) is 11.5 Å². The van der Waals surface area contributed by atoms with E-state index in [2.05, 4.69) is 19.1 Å². The fourth-order valence-corrected chi connectivity index (χ4v) is 3.50. The fraction of sp³-hybridized carbons (Fsp3) is 0.625. The minimum absolute atomic E-state index is 0.0868. The summed E-state index contributed by atoms with van der Waals surface area (Å²) < 4.78 is 0. The number of benzene rings is 1. The number of phenolic OH excluding ortho intramolecular Hbond substituents is 1. The molecule has 0 fully saturated rings. The van der Waals surface area contributed by atoms with Gasteiger partial charge in [0, 0.05) is 6.07 Å². The molecule has 0 radical (unpaired) electrons. The molecule has 0 amide bonds. The van der Waals surface area contributed by atoms with E-state index in [9.17, 15) is 20.1 Å². The average Bonchev–Trinajstić information content (AvgIpc) is 2.64. The lowest BCUT2D eigenvalue weighted by molar-refractivity contribution is 0.0692. The van der Waals surface area contributed by atoms with E-state index >= 15 is 0 Å². The molecule has 1 aromatic carbocycles. The van der Waals surface area contributed by atoms with E-state index in [0.29, 0.717) is 12.0 Å². The quantitative estimate of drug-likeness (QED) is 0.210. The van der Waals surface area contributed by atoms with Gasteiger partial charge in [0.05, 0.1) is 0 Å². The van der Waals surface area contributed by atoms with E-state index in [-0.39, 0.29) is 17.1 Å². The molecule has 0 saturated carbocycles. The van der Waals surface area contributed by atoms with Crippen molar-refractivity contribution in [3.05, 3.63) is 35.4 Å². The van der Waals surface area contributed by atoms with E-state index in [0.717, 1.165) is 25.3 Å². The van der Waals surface area contributed by atoms with Crippen molar-refractivity contribution in [1.29, 1.82) is 0 Å². The number of aryl methyl sites for hydroxylation is 1. The number of hydrogen-bond acceptors (Lipinski definition) is 3. The summed E-state index contributed by atoms with van der Waals surface area (Å²) in [6.07, 6.45) is 21.0. The maximum absolute atomic E-state index is 11.3. The zero-order chi connectivity index (χ0) is 20.6. The van der Waals surface area contributed by atoms with Crippen LogP contribution in [0.2, 0.25) is 0 Å². The molecule has 28 heavy (non-hydrogen) atoms. The predicted molar refractivity (Wildman–Crippen MR) is 115 cm³/mol. The Morgan fingerprint density at radius 2 is 1.36 bits per heavy atom. The molecular weight excluding hydrogens is 352 g/mol. The Balaban J connectivity index is 2.06. The van der Waals surface area contributed by atoms with Gasteiger partial charge in [0.15, 0.2) is 0 Å². The van der Waals surface area contributed by atoms with Crippen molar-refractivity contribution in [2.24, 2.45) is 0 Å². The van der Waals surface area contributed by atoms with Gasteiger partial charge < -0.3 is 15.3 Å². The number of carboxylic acid groups (broad SMARTS) is 1. The second-order valence-corrected chi connectivity index (χ2v) is 7.64. The van der Waals surface area contributed by atoms with Crippen LogP contribution in [0.4, 0.5) is 0 Å². The van der Waals surface area contributed by atoms with E-state index in [4.69, 9.17) is 0 Å². The number of unbranched alkanes of at least 4 members (excludes halogenated alkanes) is 11. The zero-order valence-corrected chi connectivity index (χ0v) is 17.5. The van der Waals surface area contributed by atoms with Gasteiger partial charge in [-0.15, -0.1) is 0 Å². The van der Waals surface area contributed by atoms with Crippen molar-refractivity contribution in [1.82, 2.24) is 0 Å². The molecule has 0 bridgehead atoms. The Bertz CT molecular complexity index is 593. The molecule has 0 saturated heterocycles. The molecule has 3 N–H and O–H groups in total. The molecule has 0 aliphatic carbocycles. The Labute approximate surface area is 170 Å². The largest absolute Gasteiger partial charge is 0.508 e. The molecule has 0 heterocycles. The number of hydrogen-bond donors (Lipinski definition) is 3. The van der Waals surface area contributed by atoms with Crippen LogP contribution < -0.4 is 0 Å². The first-order valence-electron chi connectivity index (χ1n) is 11.0. The van der Waals surface area contributed by atoms with E-state index in [1.165, 1.54) is 70.3 Å². The Morgan fingerprint density at radius 3 is 1.93 bits per heavy atom. The molecule has 0 aliphatic rings. The highest BCUT2D eigenvalue weighted by Gasteiger charge is 2.16. The number of carbonyl (C=O) groups is 1. The lowest BCUT2D eigenvalue weighted by Crippen LogP contribution is -2.03. The second kappa shape index (κ2) is 15.0. The lowest BCUT2D eigenvalue weighted by atomic mass is 9.99. The molecular formula is C24H38O4. The number of rotatable bonds is 16. The number of allylic oxidation sites excluding steroid dienone is 2. The highest BCUT2D eigenvalue weighted by atomic mass is 16.4. The third-order valence-corrected chi connectivity index (χ3v) is 5.11. The summed E-state index contributed by atoms with van der Waals surface area (Å²) in [4.78, 5) is 11.3. The second-order valence-electron chi connectivity index (χ2n) is 7.64. The summed E-state index contributed by atoms with van der Waals surface area (Å²) in [5.41, 5.74) is 0.419. The van der Waals surface area contributed by atoms with Crippen molar-refractivity contribution >= 4 is 5.97 Å². The summed E-state index contributed by atoms with van der Waals surface area (Å²) in [7, 11) is 0. The first kappa shape index (κ1) is 24.1. The molecule has 4 heteroatoms. The highest BCUT2D eigenvalue weighted by molar-refractivity contribution is 5.92. The van der Waals surface area contributed by atoms with Gasteiger partial charge in [0.25, 0.3) is 0 Å². The summed E-state index contributed by atoms with van der Waals surface area (Å²) in [5.74, 6) is -1.60. The van der Waals surface area contributed by atoms with Crippen LogP contribution in [0.3, 0.4) is 0 Å². The lowest BCUT2D eigenvalue weighted by Gasteiger charge is -2.09. The molecule has 4 nitrogen and oxygen atoms in total. The van der Waals surface area contributed by atoms with Crippen LogP contribution in [0.1, 0.15) is 106 Å². The number of aromatic carboxylic acids is 1. The Morgan fingerprint density at radius 1 is 0.821 bits per heavy atom. The zero-order valence-electron chi connectivity index (χ0n) is 17.5. The van der Waals surface area contributed by atoms with Crippen molar-refractivity contribution in [2.75, 3.05) is 0 Å². The first-order valence-corrected chi connectivity index (χ1v) is 11.0. The first-order chi connectivity index (χ1) is 13.6. The van der Waals surface area contributed by atoms with Crippen LogP contribution in [0.25, 0.3) is 0 Å². The molecule has 1 aromatic rings. The summed E-state index contributed by atoms with van der Waals surface area (Å²) in [6.45, 7) is 2.24. The van der Waals surface area contributed by atoms with Crippen molar-refractivity contribution in [2.45, 2.75) is 96.8 Å². The van der Waals surface area contributed by atoms with Gasteiger partial charge in [-0.25, -0.2) is 4.79 Å². The smallest absolute Gasteiger partial charge is 0.339 e. The van der Waals surface area contributed by atoms with Gasteiger partial charge in [0.2, 0.25) is 0 Å². The molecule has 0 unspecified atom stereocenters. The standard InChI is InChI=1S/C24H38O4/c1-2-3-4-5-6-7-8-9-10-11-12-13-14-15-16-17-20-18-21(25)19-22(26)23(20)24(27)28/h7-8,18-19,25-26H,2-6,9-17H2,1H3,(H,27,28). The van der Waals surface area contributed by atoms with Crippen molar-refractivity contribution in [3.63, 3.8) is 0 Å². The molecule has 0 aromatic heterocycles. The van der Waals surface area contributed by atoms with Gasteiger partial charge in [-0.3, -0.25) is 0 Å². The average molecular weight is 391 g/mol. The predicted octanol–water partition coefficient (Wildman–Crippen LogP) is 6.99. The minimum Gasteiger partial charge on any atom is -0.508 e. The molecule has 1 rings (SSSR count). The Kier molecular flexibility index (Phi) is 12.9. The topological polar surface area (TPSA) is 77.8 Å². The van der Waals surface area contributed by atoms with Gasteiger partial charge in [-0.05, 0) is 50.2 Å². The van der Waals surface area contributed by atoms with Gasteiger partial charge in [0.1, 0.15) is 17.1 Å². The van der Waals surface area contributed by atoms with Crippen LogP contribution in [-0.2, 0) is 6.42 Å². The third-order valence-electron chi connectivity index (χ3n) is 5.11. The normalized spacial score (nSPS) is 11.3. The van der Waals surface area contributed by atoms with E-state index < -0.39 is 5.97 Å². The minimum atomic E-state index is -1.15. The molecule has 0 aliphatic heterocycles.